The van der Waals surface area contributed by atoms with Crippen LogP contribution in [0, 0.1) is 6.92 Å². The van der Waals surface area contributed by atoms with Gasteiger partial charge in [0.1, 0.15) is 0 Å². The number of nitrogens with zero attached hydrogens (tertiary/aromatic N) is 1. The van der Waals surface area contributed by atoms with E-state index in [0.29, 0.717) is 6.54 Å². The van der Waals surface area contributed by atoms with Gasteiger partial charge in [-0.1, -0.05) is 30.4 Å². The fourth-order valence-electron chi connectivity index (χ4n) is 1.62. The lowest BCUT2D eigenvalue weighted by molar-refractivity contribution is 0.597. The highest BCUT2D eigenvalue weighted by atomic mass is 32.2. The number of fused-ring (bicyclic) bond motifs is 1. The number of para-hydroxylation sites is 1. The first-order valence-electron chi connectivity index (χ1n) is 5.82. The summed E-state index contributed by atoms with van der Waals surface area (Å²) >= 11 is 1.55. The van der Waals surface area contributed by atoms with E-state index in [1.54, 1.807) is 18.3 Å². The van der Waals surface area contributed by atoms with Crippen molar-refractivity contribution >= 4 is 36.5 Å². The van der Waals surface area contributed by atoms with E-state index in [2.05, 4.69) is 10.3 Å². The van der Waals surface area contributed by atoms with Crippen LogP contribution in [0.3, 0.4) is 0 Å². The molecule has 0 fully saturated rings. The quantitative estimate of drug-likeness (QED) is 0.916. The van der Waals surface area contributed by atoms with Gasteiger partial charge in [0.15, 0.2) is 15.0 Å². The van der Waals surface area contributed by atoms with Crippen molar-refractivity contribution in [2.75, 3.05) is 23.4 Å². The molecule has 0 aliphatic carbocycles. The molecule has 0 aliphatic rings. The van der Waals surface area contributed by atoms with Crippen molar-refractivity contribution in [1.82, 2.24) is 4.98 Å². The number of hydrogen-bond donors (Lipinski definition) is 1. The molecule has 0 saturated heterocycles. The number of aromatic nitrogens is 1. The Morgan fingerprint density at radius 1 is 1.39 bits per heavy atom. The Hall–Kier alpha value is -1.14. The molecule has 2 rings (SSSR count). The molecule has 0 spiro atoms. The van der Waals surface area contributed by atoms with Gasteiger partial charge in [-0.25, -0.2) is 13.4 Å². The molecule has 98 valence electrons. The molecule has 0 saturated carbocycles. The molecule has 0 aliphatic heterocycles. The SMILES string of the molecule is CCS(=O)(=O)CCNc1nc2c(C)cccc2s1. The summed E-state index contributed by atoms with van der Waals surface area (Å²) in [5, 5.41) is 3.86. The van der Waals surface area contributed by atoms with Gasteiger partial charge >= 0.3 is 0 Å². The van der Waals surface area contributed by atoms with Crippen LogP contribution in [0.1, 0.15) is 12.5 Å². The highest BCUT2D eigenvalue weighted by Gasteiger charge is 2.08. The number of benzene rings is 1. The fraction of sp³-hybridized carbons (Fsp3) is 0.417. The third kappa shape index (κ3) is 3.00. The molecule has 2 aromatic rings. The average Bonchev–Trinajstić information content (AvgIpc) is 2.73. The Balaban J connectivity index is 2.07. The number of rotatable bonds is 5. The summed E-state index contributed by atoms with van der Waals surface area (Å²) in [5.74, 6) is 0.339. The van der Waals surface area contributed by atoms with Gasteiger partial charge in [-0.2, -0.15) is 0 Å². The van der Waals surface area contributed by atoms with Crippen molar-refractivity contribution in [3.05, 3.63) is 23.8 Å². The summed E-state index contributed by atoms with van der Waals surface area (Å²) in [7, 11) is -2.91. The summed E-state index contributed by atoms with van der Waals surface area (Å²) in [6.07, 6.45) is 0. The second kappa shape index (κ2) is 5.24. The molecule has 1 aromatic heterocycles. The van der Waals surface area contributed by atoms with Crippen LogP contribution in [0.25, 0.3) is 10.2 Å². The first kappa shape index (κ1) is 13.3. The first-order valence-corrected chi connectivity index (χ1v) is 8.46. The molecule has 6 heteroatoms. The summed E-state index contributed by atoms with van der Waals surface area (Å²) in [6.45, 7) is 4.10. The minimum Gasteiger partial charge on any atom is -0.360 e. The largest absolute Gasteiger partial charge is 0.360 e. The minimum absolute atomic E-state index is 0.151. The maximum absolute atomic E-state index is 11.4. The predicted octanol–water partition coefficient (Wildman–Crippen LogP) is 2.45. The van der Waals surface area contributed by atoms with Crippen LogP contribution in [0.4, 0.5) is 5.13 Å². The maximum atomic E-state index is 11.4. The highest BCUT2D eigenvalue weighted by Crippen LogP contribution is 2.27. The topological polar surface area (TPSA) is 59.1 Å². The van der Waals surface area contributed by atoms with E-state index < -0.39 is 9.84 Å². The van der Waals surface area contributed by atoms with Gasteiger partial charge in [0, 0.05) is 12.3 Å². The number of anilines is 1. The first-order chi connectivity index (χ1) is 8.52. The molecule has 1 N–H and O–H groups in total. The summed E-state index contributed by atoms with van der Waals surface area (Å²) < 4.78 is 23.8. The molecular weight excluding hydrogens is 268 g/mol. The van der Waals surface area contributed by atoms with E-state index in [1.807, 2.05) is 25.1 Å². The van der Waals surface area contributed by atoms with Crippen LogP contribution in [-0.4, -0.2) is 31.5 Å². The second-order valence-corrected chi connectivity index (χ2v) is 7.61. The molecular formula is C12H16N2O2S2. The molecule has 18 heavy (non-hydrogen) atoms. The van der Waals surface area contributed by atoms with Gasteiger partial charge in [-0.15, -0.1) is 0 Å². The van der Waals surface area contributed by atoms with E-state index in [0.717, 1.165) is 20.9 Å². The molecule has 0 radical (unpaired) electrons. The van der Waals surface area contributed by atoms with Gasteiger partial charge in [-0.3, -0.25) is 0 Å². The fourth-order valence-corrected chi connectivity index (χ4v) is 3.29. The zero-order valence-corrected chi connectivity index (χ0v) is 12.1. The van der Waals surface area contributed by atoms with Crippen molar-refractivity contribution in [3.8, 4) is 0 Å². The van der Waals surface area contributed by atoms with Gasteiger partial charge in [-0.05, 0) is 18.6 Å². The lowest BCUT2D eigenvalue weighted by Crippen LogP contribution is -2.16. The number of hydrogen-bond acceptors (Lipinski definition) is 5. The van der Waals surface area contributed by atoms with Crippen LogP contribution in [0.2, 0.25) is 0 Å². The van der Waals surface area contributed by atoms with E-state index in [9.17, 15) is 8.42 Å². The lowest BCUT2D eigenvalue weighted by Gasteiger charge is -2.01. The number of aryl methyl sites for hydroxylation is 1. The second-order valence-electron chi connectivity index (χ2n) is 4.10. The third-order valence-electron chi connectivity index (χ3n) is 2.75. The third-order valence-corrected chi connectivity index (χ3v) is 5.43. The lowest BCUT2D eigenvalue weighted by atomic mass is 10.2. The zero-order valence-electron chi connectivity index (χ0n) is 10.4. The Morgan fingerprint density at radius 3 is 2.83 bits per heavy atom. The van der Waals surface area contributed by atoms with Crippen molar-refractivity contribution in [2.24, 2.45) is 0 Å². The van der Waals surface area contributed by atoms with Crippen molar-refractivity contribution < 1.29 is 8.42 Å². The molecule has 1 aromatic carbocycles. The van der Waals surface area contributed by atoms with Crippen LogP contribution in [0.15, 0.2) is 18.2 Å². The molecule has 0 amide bonds. The van der Waals surface area contributed by atoms with Crippen LogP contribution >= 0.6 is 11.3 Å². The van der Waals surface area contributed by atoms with E-state index >= 15 is 0 Å². The molecule has 1 heterocycles. The molecule has 0 atom stereocenters. The predicted molar refractivity (Wildman–Crippen MR) is 77.2 cm³/mol. The highest BCUT2D eigenvalue weighted by molar-refractivity contribution is 7.91. The van der Waals surface area contributed by atoms with Gasteiger partial charge in [0.25, 0.3) is 0 Å². The molecule has 0 bridgehead atoms. The van der Waals surface area contributed by atoms with Crippen LogP contribution in [-0.2, 0) is 9.84 Å². The smallest absolute Gasteiger partial charge is 0.183 e. The van der Waals surface area contributed by atoms with E-state index in [-0.39, 0.29) is 11.5 Å². The van der Waals surface area contributed by atoms with E-state index in [4.69, 9.17) is 0 Å². The Bertz CT molecular complexity index is 647. The number of nitrogens with one attached hydrogen (secondary N) is 1. The number of thiazole rings is 1. The van der Waals surface area contributed by atoms with Crippen molar-refractivity contribution in [3.63, 3.8) is 0 Å². The van der Waals surface area contributed by atoms with E-state index in [1.165, 1.54) is 0 Å². The summed E-state index contributed by atoms with van der Waals surface area (Å²) in [5.41, 5.74) is 2.13. The van der Waals surface area contributed by atoms with Gasteiger partial charge in [0.2, 0.25) is 0 Å². The van der Waals surface area contributed by atoms with Gasteiger partial charge < -0.3 is 5.32 Å². The molecule has 0 unspecified atom stereocenters. The average molecular weight is 284 g/mol. The Labute approximate surface area is 111 Å². The standard InChI is InChI=1S/C12H16N2O2S2/c1-3-18(15,16)8-7-13-12-14-11-9(2)5-4-6-10(11)17-12/h4-6H,3,7-8H2,1-2H3,(H,13,14). The van der Waals surface area contributed by atoms with Crippen molar-refractivity contribution in [2.45, 2.75) is 13.8 Å². The van der Waals surface area contributed by atoms with Gasteiger partial charge in [0.05, 0.1) is 16.0 Å². The Morgan fingerprint density at radius 2 is 2.17 bits per heavy atom. The van der Waals surface area contributed by atoms with Crippen LogP contribution in [0.5, 0.6) is 0 Å². The summed E-state index contributed by atoms with van der Waals surface area (Å²) in [4.78, 5) is 4.47. The monoisotopic (exact) mass is 284 g/mol. The normalized spacial score (nSPS) is 11.9. The van der Waals surface area contributed by atoms with Crippen LogP contribution < -0.4 is 5.32 Å². The number of sulfone groups is 1. The summed E-state index contributed by atoms with van der Waals surface area (Å²) in [6, 6.07) is 6.04. The molecule has 4 nitrogen and oxygen atoms in total. The van der Waals surface area contributed by atoms with Crippen molar-refractivity contribution in [1.29, 1.82) is 0 Å². The Kier molecular flexibility index (Phi) is 3.87. The minimum atomic E-state index is -2.91. The zero-order chi connectivity index (χ0) is 13.2. The maximum Gasteiger partial charge on any atom is 0.183 e.